The second kappa shape index (κ2) is 16.6. The summed E-state index contributed by atoms with van der Waals surface area (Å²) in [5.74, 6) is -1.07. The van der Waals surface area contributed by atoms with Crippen molar-refractivity contribution in [2.75, 3.05) is 19.8 Å². The number of alkyl carbamates (subject to hydrolysis) is 1. The van der Waals surface area contributed by atoms with E-state index in [9.17, 15) is 14.4 Å². The third-order valence-corrected chi connectivity index (χ3v) is 3.89. The molecule has 0 saturated heterocycles. The number of imide groups is 1. The Labute approximate surface area is 156 Å². The number of carbonyl (C=O) groups excluding carboxylic acids is 3. The van der Waals surface area contributed by atoms with Crippen molar-refractivity contribution in [1.82, 2.24) is 5.32 Å². The topological polar surface area (TPSA) is 102 Å². The zero-order valence-corrected chi connectivity index (χ0v) is 16.0. The fourth-order valence-electron chi connectivity index (χ4n) is 2.20. The molecule has 0 aliphatic carbocycles. The first-order chi connectivity index (χ1) is 12.5. The predicted molar refractivity (Wildman–Crippen MR) is 98.4 cm³/mol. The van der Waals surface area contributed by atoms with Crippen LogP contribution < -0.4 is 5.32 Å². The van der Waals surface area contributed by atoms with Gasteiger partial charge in [-0.05, 0) is 31.6 Å². The van der Waals surface area contributed by atoms with Crippen molar-refractivity contribution < 1.29 is 29.0 Å². The van der Waals surface area contributed by atoms with E-state index in [0.29, 0.717) is 12.3 Å². The van der Waals surface area contributed by atoms with Gasteiger partial charge in [-0.1, -0.05) is 39.5 Å². The summed E-state index contributed by atoms with van der Waals surface area (Å²) < 4.78 is 9.97. The summed E-state index contributed by atoms with van der Waals surface area (Å²) >= 11 is 0. The van der Waals surface area contributed by atoms with E-state index in [1.165, 1.54) is 0 Å². The van der Waals surface area contributed by atoms with Crippen molar-refractivity contribution in [3.05, 3.63) is 12.2 Å². The molecule has 0 aromatic rings. The lowest BCUT2D eigenvalue weighted by Gasteiger charge is -2.14. The maximum absolute atomic E-state index is 11.6. The number of hydrogen-bond donors (Lipinski definition) is 2. The number of amides is 2. The van der Waals surface area contributed by atoms with E-state index in [-0.39, 0.29) is 19.8 Å². The highest BCUT2D eigenvalue weighted by Crippen LogP contribution is 2.12. The highest BCUT2D eigenvalue weighted by Gasteiger charge is 2.11. The number of esters is 1. The SMILES string of the molecule is CCCCC(CC)COC(=O)NC(=O)/C=C/C(=O)OCCCCCCO. The Balaban J connectivity index is 3.91. The second-order valence-corrected chi connectivity index (χ2v) is 6.14. The first-order valence-corrected chi connectivity index (χ1v) is 9.46. The maximum Gasteiger partial charge on any atom is 0.414 e. The van der Waals surface area contributed by atoms with E-state index in [4.69, 9.17) is 14.6 Å². The number of ether oxygens (including phenoxy) is 2. The van der Waals surface area contributed by atoms with Crippen LogP contribution >= 0.6 is 0 Å². The summed E-state index contributed by atoms with van der Waals surface area (Å²) in [7, 11) is 0. The van der Waals surface area contributed by atoms with E-state index in [1.807, 2.05) is 12.2 Å². The van der Waals surface area contributed by atoms with Crippen LogP contribution in [0.25, 0.3) is 0 Å². The van der Waals surface area contributed by atoms with Crippen molar-refractivity contribution in [2.45, 2.75) is 65.2 Å². The Bertz CT molecular complexity index is 436. The molecular weight excluding hydrogens is 338 g/mol. The van der Waals surface area contributed by atoms with Crippen molar-refractivity contribution >= 4 is 18.0 Å². The van der Waals surface area contributed by atoms with Gasteiger partial charge in [0, 0.05) is 18.8 Å². The minimum absolute atomic E-state index is 0.165. The Hall–Kier alpha value is -1.89. The molecule has 0 saturated carbocycles. The first-order valence-electron chi connectivity index (χ1n) is 9.46. The average Bonchev–Trinajstić information content (AvgIpc) is 2.63. The molecule has 0 fully saturated rings. The molecule has 2 amide bonds. The Kier molecular flexibility index (Phi) is 15.4. The third-order valence-electron chi connectivity index (χ3n) is 3.89. The Morgan fingerprint density at radius 3 is 2.38 bits per heavy atom. The molecule has 0 heterocycles. The molecule has 1 atom stereocenters. The minimum Gasteiger partial charge on any atom is -0.463 e. The van der Waals surface area contributed by atoms with Gasteiger partial charge >= 0.3 is 12.1 Å². The maximum atomic E-state index is 11.6. The fourth-order valence-corrected chi connectivity index (χ4v) is 2.20. The quantitative estimate of drug-likeness (QED) is 0.276. The molecule has 0 aromatic carbocycles. The van der Waals surface area contributed by atoms with Crippen molar-refractivity contribution in [3.63, 3.8) is 0 Å². The number of hydrogen-bond acceptors (Lipinski definition) is 6. The highest BCUT2D eigenvalue weighted by molar-refractivity contribution is 6.01. The van der Waals surface area contributed by atoms with Gasteiger partial charge in [0.05, 0.1) is 13.2 Å². The number of aliphatic hydroxyl groups is 1. The molecule has 2 N–H and O–H groups in total. The van der Waals surface area contributed by atoms with E-state index < -0.39 is 18.0 Å². The molecule has 0 radical (unpaired) electrons. The van der Waals surface area contributed by atoms with Crippen LogP contribution in [0, 0.1) is 5.92 Å². The minimum atomic E-state index is -0.813. The number of unbranched alkanes of at least 4 members (excludes halogenated alkanes) is 4. The number of rotatable bonds is 14. The van der Waals surface area contributed by atoms with Crippen LogP contribution in [0.3, 0.4) is 0 Å². The third kappa shape index (κ3) is 14.5. The van der Waals surface area contributed by atoms with Gasteiger partial charge in [-0.25, -0.2) is 9.59 Å². The van der Waals surface area contributed by atoms with E-state index in [2.05, 4.69) is 6.92 Å². The van der Waals surface area contributed by atoms with Crippen LogP contribution in [0.1, 0.15) is 65.2 Å². The van der Waals surface area contributed by atoms with Crippen LogP contribution in [-0.4, -0.2) is 42.9 Å². The van der Waals surface area contributed by atoms with E-state index in [0.717, 1.165) is 57.1 Å². The lowest BCUT2D eigenvalue weighted by Crippen LogP contribution is -2.31. The fraction of sp³-hybridized carbons (Fsp3) is 0.737. The van der Waals surface area contributed by atoms with Crippen molar-refractivity contribution in [1.29, 1.82) is 0 Å². The molecule has 0 bridgehead atoms. The smallest absolute Gasteiger partial charge is 0.414 e. The van der Waals surface area contributed by atoms with Gasteiger partial charge in [0.25, 0.3) is 5.91 Å². The van der Waals surface area contributed by atoms with Gasteiger partial charge in [-0.3, -0.25) is 10.1 Å². The zero-order chi connectivity index (χ0) is 19.6. The highest BCUT2D eigenvalue weighted by atomic mass is 16.5. The van der Waals surface area contributed by atoms with Gasteiger partial charge in [-0.15, -0.1) is 0 Å². The molecule has 7 heteroatoms. The molecule has 0 aliphatic heterocycles. The normalized spacial score (nSPS) is 12.0. The zero-order valence-electron chi connectivity index (χ0n) is 16.0. The van der Waals surface area contributed by atoms with Crippen molar-refractivity contribution in [3.8, 4) is 0 Å². The van der Waals surface area contributed by atoms with Gasteiger partial charge < -0.3 is 14.6 Å². The average molecular weight is 371 g/mol. The molecule has 7 nitrogen and oxygen atoms in total. The van der Waals surface area contributed by atoms with Crippen LogP contribution in [0.2, 0.25) is 0 Å². The van der Waals surface area contributed by atoms with Gasteiger partial charge in [-0.2, -0.15) is 0 Å². The molecule has 0 aliphatic rings. The number of aliphatic hydroxyl groups excluding tert-OH is 1. The summed E-state index contributed by atoms with van der Waals surface area (Å²) in [6.07, 6.45) is 8.36. The molecular formula is C19H33NO6. The molecule has 0 spiro atoms. The van der Waals surface area contributed by atoms with Crippen LogP contribution in [-0.2, 0) is 19.1 Å². The molecule has 0 aromatic heterocycles. The van der Waals surface area contributed by atoms with Gasteiger partial charge in [0.1, 0.15) is 0 Å². The lowest BCUT2D eigenvalue weighted by atomic mass is 10.0. The standard InChI is InChI=1S/C19H33NO6/c1-3-5-10-16(4-2)15-26-19(24)20-17(22)11-12-18(23)25-14-9-7-6-8-13-21/h11-12,16,21H,3-10,13-15H2,1-2H3,(H,20,22,24)/b12-11+. The lowest BCUT2D eigenvalue weighted by molar-refractivity contribution is -0.138. The van der Waals surface area contributed by atoms with Crippen molar-refractivity contribution in [2.24, 2.45) is 5.92 Å². The summed E-state index contributed by atoms with van der Waals surface area (Å²) in [6, 6.07) is 0. The van der Waals surface area contributed by atoms with Gasteiger partial charge in [0.2, 0.25) is 0 Å². The number of carbonyl (C=O) groups is 3. The molecule has 26 heavy (non-hydrogen) atoms. The van der Waals surface area contributed by atoms with Gasteiger partial charge in [0.15, 0.2) is 0 Å². The first kappa shape index (κ1) is 24.1. The largest absolute Gasteiger partial charge is 0.463 e. The summed E-state index contributed by atoms with van der Waals surface area (Å²) in [6.45, 7) is 4.84. The second-order valence-electron chi connectivity index (χ2n) is 6.14. The Morgan fingerprint density at radius 2 is 1.73 bits per heavy atom. The van der Waals surface area contributed by atoms with Crippen LogP contribution in [0.4, 0.5) is 4.79 Å². The summed E-state index contributed by atoms with van der Waals surface area (Å²) in [5.41, 5.74) is 0. The predicted octanol–water partition coefficient (Wildman–Crippen LogP) is 3.11. The van der Waals surface area contributed by atoms with E-state index >= 15 is 0 Å². The van der Waals surface area contributed by atoms with Crippen LogP contribution in [0.15, 0.2) is 12.2 Å². The summed E-state index contributed by atoms with van der Waals surface area (Å²) in [4.78, 5) is 34.6. The Morgan fingerprint density at radius 1 is 1.00 bits per heavy atom. The molecule has 1 unspecified atom stereocenters. The van der Waals surface area contributed by atoms with E-state index in [1.54, 1.807) is 0 Å². The number of nitrogens with one attached hydrogen (secondary N) is 1. The monoisotopic (exact) mass is 371 g/mol. The molecule has 150 valence electrons. The summed E-state index contributed by atoms with van der Waals surface area (Å²) in [5, 5.41) is 10.7. The molecule has 0 rings (SSSR count). The van der Waals surface area contributed by atoms with Crippen LogP contribution in [0.5, 0.6) is 0 Å².